The molecule has 0 unspecified atom stereocenters. The number of hydrogen-bond donors (Lipinski definition) is 0. The minimum atomic E-state index is -0.0616. The Hall–Kier alpha value is -2.93. The number of nitrogens with zero attached hydrogens (tertiary/aromatic N) is 2. The van der Waals surface area contributed by atoms with Gasteiger partial charge >= 0.3 is 0 Å². The van der Waals surface area contributed by atoms with Gasteiger partial charge in [-0.25, -0.2) is 4.99 Å². The number of amidine groups is 1. The van der Waals surface area contributed by atoms with Crippen LogP contribution in [0.1, 0.15) is 33.3 Å². The van der Waals surface area contributed by atoms with Gasteiger partial charge in [0.1, 0.15) is 17.2 Å². The van der Waals surface area contributed by atoms with E-state index in [0.717, 1.165) is 22.7 Å². The molecule has 2 aromatic carbocycles. The monoisotopic (exact) mass is 440 g/mol. The lowest BCUT2D eigenvalue weighted by molar-refractivity contribution is -0.122. The summed E-state index contributed by atoms with van der Waals surface area (Å²) in [6.45, 7) is 10.0. The molecule has 31 heavy (non-hydrogen) atoms. The molecular weight excluding hydrogens is 412 g/mol. The van der Waals surface area contributed by atoms with E-state index in [0.29, 0.717) is 42.2 Å². The maximum absolute atomic E-state index is 13.0. The minimum absolute atomic E-state index is 0.0616. The van der Waals surface area contributed by atoms with E-state index >= 15 is 0 Å². The topological polar surface area (TPSA) is 60.4 Å². The number of likely N-dealkylation sites (N-methyl/N-ethyl adjacent to an activating group) is 1. The summed E-state index contributed by atoms with van der Waals surface area (Å²) in [7, 11) is 0. The van der Waals surface area contributed by atoms with Crippen LogP contribution in [0, 0.1) is 0 Å². The molecule has 1 aliphatic heterocycles. The number of hydrogen-bond acceptors (Lipinski definition) is 6. The lowest BCUT2D eigenvalue weighted by Crippen LogP contribution is -2.28. The number of carbonyl (C=O) groups excluding carboxylic acids is 1. The van der Waals surface area contributed by atoms with Crippen molar-refractivity contribution in [1.29, 1.82) is 0 Å². The quantitative estimate of drug-likeness (QED) is 0.482. The van der Waals surface area contributed by atoms with Crippen molar-refractivity contribution in [3.8, 4) is 17.2 Å². The molecule has 6 nitrogen and oxygen atoms in total. The van der Waals surface area contributed by atoms with Crippen molar-refractivity contribution in [1.82, 2.24) is 4.90 Å². The predicted octanol–water partition coefficient (Wildman–Crippen LogP) is 5.51. The van der Waals surface area contributed by atoms with E-state index in [4.69, 9.17) is 14.2 Å². The van der Waals surface area contributed by atoms with Gasteiger partial charge in [-0.3, -0.25) is 9.69 Å². The van der Waals surface area contributed by atoms with Crippen LogP contribution in [0.15, 0.2) is 52.4 Å². The lowest BCUT2D eigenvalue weighted by atomic mass is 10.1. The Morgan fingerprint density at radius 3 is 2.19 bits per heavy atom. The van der Waals surface area contributed by atoms with E-state index in [1.807, 2.05) is 76.2 Å². The largest absolute Gasteiger partial charge is 0.494 e. The molecule has 3 rings (SSSR count). The fourth-order valence-electron chi connectivity index (χ4n) is 3.08. The maximum Gasteiger partial charge on any atom is 0.266 e. The van der Waals surface area contributed by atoms with Gasteiger partial charge < -0.3 is 14.2 Å². The second-order valence-electron chi connectivity index (χ2n) is 6.55. The van der Waals surface area contributed by atoms with Gasteiger partial charge in [-0.2, -0.15) is 0 Å². The third-order valence-electron chi connectivity index (χ3n) is 4.46. The van der Waals surface area contributed by atoms with Gasteiger partial charge in [0.15, 0.2) is 5.17 Å². The average Bonchev–Trinajstić information content (AvgIpc) is 3.06. The molecule has 1 heterocycles. The van der Waals surface area contributed by atoms with Crippen LogP contribution in [0.25, 0.3) is 6.08 Å². The SMILES string of the molecule is CCOc1ccc(N=C2S/C(=C/c3ccc(OCC)cc3OCC)C(=O)N2CC)cc1. The zero-order chi connectivity index (χ0) is 22.2. The van der Waals surface area contributed by atoms with Crippen molar-refractivity contribution < 1.29 is 19.0 Å². The molecule has 1 aliphatic rings. The van der Waals surface area contributed by atoms with Gasteiger partial charge in [0.05, 0.1) is 30.4 Å². The van der Waals surface area contributed by atoms with Gasteiger partial charge in [-0.05, 0) is 81.9 Å². The second kappa shape index (κ2) is 10.9. The molecule has 0 radical (unpaired) electrons. The summed E-state index contributed by atoms with van der Waals surface area (Å²) in [5.41, 5.74) is 1.61. The summed E-state index contributed by atoms with van der Waals surface area (Å²) < 4.78 is 16.8. The Balaban J connectivity index is 1.89. The highest BCUT2D eigenvalue weighted by atomic mass is 32.2. The Kier molecular flexibility index (Phi) is 8.00. The molecule has 7 heteroatoms. The lowest BCUT2D eigenvalue weighted by Gasteiger charge is -2.12. The van der Waals surface area contributed by atoms with Crippen LogP contribution >= 0.6 is 11.8 Å². The molecule has 1 fully saturated rings. The fraction of sp³-hybridized carbons (Fsp3) is 0.333. The molecule has 0 spiro atoms. The number of benzene rings is 2. The van der Waals surface area contributed by atoms with Crippen LogP contribution in [0.4, 0.5) is 5.69 Å². The van der Waals surface area contributed by atoms with Crippen molar-refractivity contribution in [3.05, 3.63) is 52.9 Å². The van der Waals surface area contributed by atoms with Gasteiger partial charge in [-0.1, -0.05) is 0 Å². The zero-order valence-corrected chi connectivity index (χ0v) is 19.2. The molecule has 0 aliphatic carbocycles. The Bertz CT molecular complexity index is 970. The molecule has 2 aromatic rings. The van der Waals surface area contributed by atoms with Crippen LogP contribution in [0.5, 0.6) is 17.2 Å². The summed E-state index contributed by atoms with van der Waals surface area (Å²) in [6.07, 6.45) is 1.86. The molecule has 1 amide bonds. The van der Waals surface area contributed by atoms with Crippen LogP contribution in [-0.2, 0) is 4.79 Å². The van der Waals surface area contributed by atoms with E-state index in [1.165, 1.54) is 11.8 Å². The number of aliphatic imine (C=N–C) groups is 1. The summed E-state index contributed by atoms with van der Waals surface area (Å²) in [5, 5.41) is 0.659. The Morgan fingerprint density at radius 2 is 1.55 bits per heavy atom. The Morgan fingerprint density at radius 1 is 0.903 bits per heavy atom. The van der Waals surface area contributed by atoms with E-state index in [9.17, 15) is 4.79 Å². The number of thioether (sulfide) groups is 1. The van der Waals surface area contributed by atoms with Crippen molar-refractivity contribution in [2.45, 2.75) is 27.7 Å². The summed E-state index contributed by atoms with van der Waals surface area (Å²) in [4.78, 5) is 20.0. The normalized spacial score (nSPS) is 16.3. The molecular formula is C24H28N2O4S. The molecule has 1 saturated heterocycles. The van der Waals surface area contributed by atoms with Crippen LogP contribution < -0.4 is 14.2 Å². The average molecular weight is 441 g/mol. The molecule has 164 valence electrons. The van der Waals surface area contributed by atoms with E-state index in [-0.39, 0.29) is 5.91 Å². The third kappa shape index (κ3) is 5.61. The first-order valence-corrected chi connectivity index (χ1v) is 11.3. The fourth-order valence-corrected chi connectivity index (χ4v) is 4.13. The van der Waals surface area contributed by atoms with Crippen molar-refractivity contribution in [2.75, 3.05) is 26.4 Å². The summed E-state index contributed by atoms with van der Waals surface area (Å²) in [6, 6.07) is 13.2. The van der Waals surface area contributed by atoms with Crippen molar-refractivity contribution in [2.24, 2.45) is 4.99 Å². The van der Waals surface area contributed by atoms with E-state index in [2.05, 4.69) is 4.99 Å². The zero-order valence-electron chi connectivity index (χ0n) is 18.4. The number of rotatable bonds is 9. The molecule has 0 aromatic heterocycles. The maximum atomic E-state index is 13.0. The highest BCUT2D eigenvalue weighted by Crippen LogP contribution is 2.36. The Labute approximate surface area is 187 Å². The smallest absolute Gasteiger partial charge is 0.266 e. The first-order chi connectivity index (χ1) is 15.1. The molecule has 0 saturated carbocycles. The molecule has 0 N–H and O–H groups in total. The molecule has 0 bridgehead atoms. The van der Waals surface area contributed by atoms with Gasteiger partial charge in [0.2, 0.25) is 0 Å². The summed E-state index contributed by atoms with van der Waals surface area (Å²) in [5.74, 6) is 2.17. The van der Waals surface area contributed by atoms with E-state index < -0.39 is 0 Å². The number of carbonyl (C=O) groups is 1. The van der Waals surface area contributed by atoms with Gasteiger partial charge in [-0.15, -0.1) is 0 Å². The number of amides is 1. The van der Waals surface area contributed by atoms with Crippen molar-refractivity contribution in [3.63, 3.8) is 0 Å². The highest BCUT2D eigenvalue weighted by Gasteiger charge is 2.32. The van der Waals surface area contributed by atoms with Crippen molar-refractivity contribution >= 4 is 34.6 Å². The standard InChI is InChI=1S/C24H28N2O4S/c1-5-26-23(27)22(15-17-9-12-20(29-7-3)16-21(17)30-8-4)31-24(26)25-18-10-13-19(14-11-18)28-6-2/h9-16H,5-8H2,1-4H3/b22-15+,25-24?. The van der Waals surface area contributed by atoms with Crippen LogP contribution in [0.3, 0.4) is 0 Å². The minimum Gasteiger partial charge on any atom is -0.494 e. The molecule has 0 atom stereocenters. The first kappa shape index (κ1) is 22.7. The van der Waals surface area contributed by atoms with E-state index in [1.54, 1.807) is 4.90 Å². The third-order valence-corrected chi connectivity index (χ3v) is 5.47. The second-order valence-corrected chi connectivity index (χ2v) is 7.56. The van der Waals surface area contributed by atoms with Gasteiger partial charge in [0.25, 0.3) is 5.91 Å². The first-order valence-electron chi connectivity index (χ1n) is 10.5. The predicted molar refractivity (Wildman–Crippen MR) is 126 cm³/mol. The van der Waals surface area contributed by atoms with Gasteiger partial charge in [0, 0.05) is 18.2 Å². The van der Waals surface area contributed by atoms with Crippen LogP contribution in [-0.4, -0.2) is 42.3 Å². The van der Waals surface area contributed by atoms with Crippen LogP contribution in [0.2, 0.25) is 0 Å². The summed E-state index contributed by atoms with van der Waals surface area (Å²) >= 11 is 1.37. The highest BCUT2D eigenvalue weighted by molar-refractivity contribution is 8.18. The number of ether oxygens (including phenoxy) is 3.